The predicted octanol–water partition coefficient (Wildman–Crippen LogP) is 3.49. The van der Waals surface area contributed by atoms with Crippen molar-refractivity contribution in [3.05, 3.63) is 70.7 Å². The Kier molecular flexibility index (Phi) is 9.66. The Morgan fingerprint density at radius 3 is 2.19 bits per heavy atom. The zero-order valence-electron chi connectivity index (χ0n) is 19.7. The Balaban J connectivity index is 0.000000538. The summed E-state index contributed by atoms with van der Waals surface area (Å²) in [5, 5.41) is 17.1. The standard InChI is InChI=1S/C24H25BrN2O3.C2H2O4/c1-29-23-9-7-21(25)14-20(23)16-26-10-12-27(13-11-26)24(28)17-30-22-8-6-18-4-2-3-5-19(18)15-22;3-1(4)2(5)6/h2-9,14-15H,10-13,16-17H2,1H3;(H,3,4)(H,5,6). The molecule has 3 aromatic carbocycles. The number of fused-ring (bicyclic) bond motifs is 1. The molecule has 1 aliphatic heterocycles. The molecule has 36 heavy (non-hydrogen) atoms. The van der Waals surface area contributed by atoms with Crippen LogP contribution in [0.3, 0.4) is 0 Å². The zero-order valence-corrected chi connectivity index (χ0v) is 21.3. The normalized spacial score (nSPS) is 13.4. The Labute approximate surface area is 217 Å². The fourth-order valence-electron chi connectivity index (χ4n) is 3.76. The van der Waals surface area contributed by atoms with Gasteiger partial charge in [0.05, 0.1) is 7.11 Å². The molecule has 0 saturated carbocycles. The van der Waals surface area contributed by atoms with Gasteiger partial charge in [0.1, 0.15) is 11.5 Å². The van der Waals surface area contributed by atoms with Crippen LogP contribution in [0.4, 0.5) is 0 Å². The van der Waals surface area contributed by atoms with Crippen LogP contribution in [0.2, 0.25) is 0 Å². The molecule has 1 amide bonds. The molecule has 0 atom stereocenters. The molecule has 0 spiro atoms. The van der Waals surface area contributed by atoms with Gasteiger partial charge in [-0.3, -0.25) is 9.69 Å². The lowest BCUT2D eigenvalue weighted by Gasteiger charge is -2.35. The van der Waals surface area contributed by atoms with Crippen LogP contribution < -0.4 is 9.47 Å². The molecule has 3 aromatic rings. The molecule has 9 nitrogen and oxygen atoms in total. The average Bonchev–Trinajstić information content (AvgIpc) is 2.88. The first-order valence-electron chi connectivity index (χ1n) is 11.2. The van der Waals surface area contributed by atoms with E-state index in [9.17, 15) is 4.79 Å². The molecule has 0 aliphatic carbocycles. The van der Waals surface area contributed by atoms with Gasteiger partial charge in [-0.05, 0) is 41.1 Å². The molecule has 1 aliphatic rings. The second-order valence-corrected chi connectivity index (χ2v) is 8.94. The molecule has 0 aromatic heterocycles. The van der Waals surface area contributed by atoms with Gasteiger partial charge in [-0.1, -0.05) is 46.3 Å². The van der Waals surface area contributed by atoms with Crippen LogP contribution in [0.25, 0.3) is 10.8 Å². The number of carboxylic acid groups (broad SMARTS) is 2. The second-order valence-electron chi connectivity index (χ2n) is 8.02. The number of halogens is 1. The Morgan fingerprint density at radius 2 is 1.56 bits per heavy atom. The van der Waals surface area contributed by atoms with Crippen molar-refractivity contribution in [2.75, 3.05) is 39.9 Å². The summed E-state index contributed by atoms with van der Waals surface area (Å²) in [5.41, 5.74) is 1.14. The summed E-state index contributed by atoms with van der Waals surface area (Å²) in [6.45, 7) is 3.94. The van der Waals surface area contributed by atoms with E-state index in [1.54, 1.807) is 7.11 Å². The van der Waals surface area contributed by atoms with Gasteiger partial charge < -0.3 is 24.6 Å². The van der Waals surface area contributed by atoms with Crippen molar-refractivity contribution in [3.8, 4) is 11.5 Å². The number of nitrogens with zero attached hydrogens (tertiary/aromatic N) is 2. The minimum atomic E-state index is -1.82. The van der Waals surface area contributed by atoms with E-state index >= 15 is 0 Å². The zero-order chi connectivity index (χ0) is 26.1. The summed E-state index contributed by atoms with van der Waals surface area (Å²) in [7, 11) is 1.69. The van der Waals surface area contributed by atoms with Gasteiger partial charge in [0, 0.05) is 42.8 Å². The maximum Gasteiger partial charge on any atom is 0.414 e. The quantitative estimate of drug-likeness (QED) is 0.441. The lowest BCUT2D eigenvalue weighted by atomic mass is 10.1. The molecule has 1 fully saturated rings. The van der Waals surface area contributed by atoms with E-state index in [2.05, 4.69) is 33.0 Å². The molecule has 2 N–H and O–H groups in total. The Hall–Kier alpha value is -3.63. The SMILES string of the molecule is COc1ccc(Br)cc1CN1CCN(C(=O)COc2ccc3ccccc3c2)CC1.O=C(O)C(=O)O. The van der Waals surface area contributed by atoms with Crippen LogP contribution in [0, 0.1) is 0 Å². The third-order valence-corrected chi connectivity index (χ3v) is 6.12. The maximum absolute atomic E-state index is 12.6. The van der Waals surface area contributed by atoms with Gasteiger partial charge in [-0.2, -0.15) is 0 Å². The van der Waals surface area contributed by atoms with Crippen LogP contribution in [-0.4, -0.2) is 77.8 Å². The first kappa shape index (κ1) is 27.0. The van der Waals surface area contributed by atoms with E-state index < -0.39 is 11.9 Å². The minimum absolute atomic E-state index is 0.0304. The highest BCUT2D eigenvalue weighted by molar-refractivity contribution is 9.10. The molecule has 190 valence electrons. The fraction of sp³-hybridized carbons (Fsp3) is 0.269. The summed E-state index contributed by atoms with van der Waals surface area (Å²) < 4.78 is 12.3. The Morgan fingerprint density at radius 1 is 0.889 bits per heavy atom. The molecule has 0 bridgehead atoms. The average molecular weight is 559 g/mol. The lowest BCUT2D eigenvalue weighted by Crippen LogP contribution is -2.49. The topological polar surface area (TPSA) is 117 Å². The summed E-state index contributed by atoms with van der Waals surface area (Å²) >= 11 is 3.53. The van der Waals surface area contributed by atoms with Gasteiger partial charge >= 0.3 is 11.9 Å². The van der Waals surface area contributed by atoms with Crippen molar-refractivity contribution in [2.24, 2.45) is 0 Å². The van der Waals surface area contributed by atoms with E-state index in [0.717, 1.165) is 51.9 Å². The number of carbonyl (C=O) groups excluding carboxylic acids is 1. The monoisotopic (exact) mass is 558 g/mol. The third kappa shape index (κ3) is 7.69. The van der Waals surface area contributed by atoms with Crippen LogP contribution in [0.5, 0.6) is 11.5 Å². The fourth-order valence-corrected chi connectivity index (χ4v) is 4.17. The molecule has 0 radical (unpaired) electrons. The van der Waals surface area contributed by atoms with Gasteiger partial charge in [-0.25, -0.2) is 9.59 Å². The van der Waals surface area contributed by atoms with Gasteiger partial charge in [-0.15, -0.1) is 0 Å². The molecular formula is C26H27BrN2O7. The first-order valence-corrected chi connectivity index (χ1v) is 12.0. The summed E-state index contributed by atoms with van der Waals surface area (Å²) in [5.74, 6) is -2.00. The number of carbonyl (C=O) groups is 3. The van der Waals surface area contributed by atoms with Gasteiger partial charge in [0.15, 0.2) is 6.61 Å². The third-order valence-electron chi connectivity index (χ3n) is 5.63. The van der Waals surface area contributed by atoms with Crippen molar-refractivity contribution in [1.29, 1.82) is 0 Å². The largest absolute Gasteiger partial charge is 0.496 e. The highest BCUT2D eigenvalue weighted by Gasteiger charge is 2.22. The number of aliphatic carboxylic acids is 2. The predicted molar refractivity (Wildman–Crippen MR) is 137 cm³/mol. The number of benzene rings is 3. The van der Waals surface area contributed by atoms with E-state index in [1.165, 1.54) is 0 Å². The summed E-state index contributed by atoms with van der Waals surface area (Å²) in [6, 6.07) is 20.1. The van der Waals surface area contributed by atoms with Crippen molar-refractivity contribution in [1.82, 2.24) is 9.80 Å². The highest BCUT2D eigenvalue weighted by atomic mass is 79.9. The second kappa shape index (κ2) is 12.9. The molecule has 0 unspecified atom stereocenters. The number of piperazine rings is 1. The van der Waals surface area contributed by atoms with Crippen molar-refractivity contribution < 1.29 is 34.1 Å². The number of carboxylic acids is 2. The minimum Gasteiger partial charge on any atom is -0.496 e. The number of amides is 1. The van der Waals surface area contributed by atoms with Crippen molar-refractivity contribution in [3.63, 3.8) is 0 Å². The van der Waals surface area contributed by atoms with E-state index in [-0.39, 0.29) is 12.5 Å². The van der Waals surface area contributed by atoms with Crippen LogP contribution in [-0.2, 0) is 20.9 Å². The van der Waals surface area contributed by atoms with Crippen LogP contribution >= 0.6 is 15.9 Å². The number of hydrogen-bond acceptors (Lipinski definition) is 6. The molecular weight excluding hydrogens is 532 g/mol. The number of hydrogen-bond donors (Lipinski definition) is 2. The van der Waals surface area contributed by atoms with Crippen LogP contribution in [0.15, 0.2) is 65.1 Å². The number of ether oxygens (including phenoxy) is 2. The van der Waals surface area contributed by atoms with Gasteiger partial charge in [0.2, 0.25) is 0 Å². The van der Waals surface area contributed by atoms with E-state index in [1.807, 2.05) is 53.4 Å². The highest BCUT2D eigenvalue weighted by Crippen LogP contribution is 2.25. The van der Waals surface area contributed by atoms with Crippen molar-refractivity contribution >= 4 is 44.5 Å². The maximum atomic E-state index is 12.6. The van der Waals surface area contributed by atoms with E-state index in [0.29, 0.717) is 13.1 Å². The first-order chi connectivity index (χ1) is 17.3. The molecule has 4 rings (SSSR count). The smallest absolute Gasteiger partial charge is 0.414 e. The summed E-state index contributed by atoms with van der Waals surface area (Å²) in [6.07, 6.45) is 0. The Bertz CT molecular complexity index is 1210. The summed E-state index contributed by atoms with van der Waals surface area (Å²) in [4.78, 5) is 35.0. The molecule has 1 heterocycles. The van der Waals surface area contributed by atoms with Gasteiger partial charge in [0.25, 0.3) is 5.91 Å². The number of rotatable bonds is 6. The van der Waals surface area contributed by atoms with Crippen molar-refractivity contribution in [2.45, 2.75) is 6.54 Å². The molecule has 1 saturated heterocycles. The van der Waals surface area contributed by atoms with E-state index in [4.69, 9.17) is 29.3 Å². The lowest BCUT2D eigenvalue weighted by molar-refractivity contribution is -0.159. The molecule has 10 heteroatoms. The van der Waals surface area contributed by atoms with Crippen LogP contribution in [0.1, 0.15) is 5.56 Å². The number of methoxy groups -OCH3 is 1.